The van der Waals surface area contributed by atoms with Gasteiger partial charge >= 0.3 is 0 Å². The SMILES string of the molecule is COc1ccc(NS(=O)(=O)c2ccc(OCC(=O)NC(C)c3ccccc3)cc2)cc1Cl. The van der Waals surface area contributed by atoms with Gasteiger partial charge in [-0.2, -0.15) is 0 Å². The van der Waals surface area contributed by atoms with Gasteiger partial charge in [0.25, 0.3) is 15.9 Å². The van der Waals surface area contributed by atoms with Crippen LogP contribution in [-0.4, -0.2) is 28.0 Å². The van der Waals surface area contributed by atoms with E-state index >= 15 is 0 Å². The highest BCUT2D eigenvalue weighted by Crippen LogP contribution is 2.28. The largest absolute Gasteiger partial charge is 0.495 e. The highest BCUT2D eigenvalue weighted by atomic mass is 35.5. The van der Waals surface area contributed by atoms with Gasteiger partial charge < -0.3 is 14.8 Å². The number of amides is 1. The molecule has 9 heteroatoms. The smallest absolute Gasteiger partial charge is 0.261 e. The number of hydrogen-bond donors (Lipinski definition) is 2. The van der Waals surface area contributed by atoms with Crippen LogP contribution in [0.25, 0.3) is 0 Å². The van der Waals surface area contributed by atoms with Crippen LogP contribution >= 0.6 is 11.6 Å². The van der Waals surface area contributed by atoms with Crippen LogP contribution in [0.3, 0.4) is 0 Å². The van der Waals surface area contributed by atoms with E-state index in [9.17, 15) is 13.2 Å². The first kappa shape index (κ1) is 23.4. The minimum Gasteiger partial charge on any atom is -0.495 e. The van der Waals surface area contributed by atoms with Crippen molar-refractivity contribution < 1.29 is 22.7 Å². The van der Waals surface area contributed by atoms with Crippen molar-refractivity contribution in [1.29, 1.82) is 0 Å². The average Bonchev–Trinajstić information content (AvgIpc) is 2.78. The monoisotopic (exact) mass is 474 g/mol. The van der Waals surface area contributed by atoms with Gasteiger partial charge in [-0.05, 0) is 55.0 Å². The Kier molecular flexibility index (Phi) is 7.61. The van der Waals surface area contributed by atoms with Crippen molar-refractivity contribution >= 4 is 33.2 Å². The molecular weight excluding hydrogens is 452 g/mol. The van der Waals surface area contributed by atoms with Gasteiger partial charge in [0.1, 0.15) is 11.5 Å². The van der Waals surface area contributed by atoms with Crippen molar-refractivity contribution in [3.8, 4) is 11.5 Å². The number of ether oxygens (including phenoxy) is 2. The third-order valence-corrected chi connectivity index (χ3v) is 6.28. The first-order valence-corrected chi connectivity index (χ1v) is 11.6. The van der Waals surface area contributed by atoms with Gasteiger partial charge in [0.2, 0.25) is 0 Å². The van der Waals surface area contributed by atoms with Crippen LogP contribution in [0.2, 0.25) is 5.02 Å². The molecular formula is C23H23ClN2O5S. The van der Waals surface area contributed by atoms with E-state index in [1.54, 1.807) is 12.1 Å². The van der Waals surface area contributed by atoms with Crippen molar-refractivity contribution in [3.05, 3.63) is 83.4 Å². The molecule has 32 heavy (non-hydrogen) atoms. The van der Waals surface area contributed by atoms with Gasteiger partial charge in [-0.1, -0.05) is 41.9 Å². The maximum absolute atomic E-state index is 12.6. The zero-order valence-electron chi connectivity index (χ0n) is 17.5. The maximum Gasteiger partial charge on any atom is 0.261 e. The number of hydrogen-bond acceptors (Lipinski definition) is 5. The van der Waals surface area contributed by atoms with E-state index in [2.05, 4.69) is 10.0 Å². The fourth-order valence-electron chi connectivity index (χ4n) is 2.92. The van der Waals surface area contributed by atoms with Gasteiger partial charge in [-0.3, -0.25) is 9.52 Å². The Bertz CT molecular complexity index is 1170. The van der Waals surface area contributed by atoms with E-state index in [0.29, 0.717) is 17.2 Å². The molecule has 3 rings (SSSR count). The van der Waals surface area contributed by atoms with E-state index in [0.717, 1.165) is 5.56 Å². The highest BCUT2D eigenvalue weighted by molar-refractivity contribution is 7.92. The summed E-state index contributed by atoms with van der Waals surface area (Å²) in [6.07, 6.45) is 0. The van der Waals surface area contributed by atoms with Gasteiger partial charge in [0, 0.05) is 0 Å². The number of anilines is 1. The van der Waals surface area contributed by atoms with E-state index in [1.807, 2.05) is 37.3 Å². The Morgan fingerprint density at radius 3 is 2.34 bits per heavy atom. The molecule has 0 aliphatic carbocycles. The zero-order valence-corrected chi connectivity index (χ0v) is 19.1. The second-order valence-corrected chi connectivity index (χ2v) is 9.00. The molecule has 0 aliphatic heterocycles. The molecule has 3 aromatic rings. The molecule has 2 N–H and O–H groups in total. The molecule has 7 nitrogen and oxygen atoms in total. The van der Waals surface area contributed by atoms with Crippen molar-refractivity contribution in [2.24, 2.45) is 0 Å². The topological polar surface area (TPSA) is 93.7 Å². The molecule has 0 bridgehead atoms. The maximum atomic E-state index is 12.6. The summed E-state index contributed by atoms with van der Waals surface area (Å²) < 4.78 is 38.2. The Hall–Kier alpha value is -3.23. The predicted molar refractivity (Wildman–Crippen MR) is 124 cm³/mol. The quantitative estimate of drug-likeness (QED) is 0.479. The Morgan fingerprint density at radius 1 is 1.03 bits per heavy atom. The molecule has 0 aliphatic rings. The van der Waals surface area contributed by atoms with Crippen molar-refractivity contribution in [2.75, 3.05) is 18.4 Å². The van der Waals surface area contributed by atoms with Crippen molar-refractivity contribution in [1.82, 2.24) is 5.32 Å². The second-order valence-electron chi connectivity index (χ2n) is 6.91. The molecule has 1 atom stereocenters. The standard InChI is InChI=1S/C23H23ClN2O5S/c1-16(17-6-4-3-5-7-17)25-23(27)15-31-19-9-11-20(12-10-19)32(28,29)26-18-8-13-22(30-2)21(24)14-18/h3-14,16,26H,15H2,1-2H3,(H,25,27). The number of carbonyl (C=O) groups excluding carboxylic acids is 1. The third kappa shape index (κ3) is 6.15. The second kappa shape index (κ2) is 10.4. The van der Waals surface area contributed by atoms with E-state index in [4.69, 9.17) is 21.1 Å². The van der Waals surface area contributed by atoms with Gasteiger partial charge in [-0.25, -0.2) is 8.42 Å². The number of carbonyl (C=O) groups is 1. The number of methoxy groups -OCH3 is 1. The van der Waals surface area contributed by atoms with Crippen LogP contribution < -0.4 is 19.5 Å². The minimum atomic E-state index is -3.83. The van der Waals surface area contributed by atoms with E-state index < -0.39 is 10.0 Å². The Balaban J connectivity index is 1.57. The van der Waals surface area contributed by atoms with Crippen molar-refractivity contribution in [3.63, 3.8) is 0 Å². The third-order valence-electron chi connectivity index (χ3n) is 4.59. The number of benzene rings is 3. The molecule has 0 saturated carbocycles. The van der Waals surface area contributed by atoms with Crippen molar-refractivity contribution in [2.45, 2.75) is 17.9 Å². The summed E-state index contributed by atoms with van der Waals surface area (Å²) in [7, 11) is -2.35. The molecule has 0 saturated heterocycles. The molecule has 0 heterocycles. The van der Waals surface area contributed by atoms with Crippen LogP contribution in [-0.2, 0) is 14.8 Å². The number of nitrogens with one attached hydrogen (secondary N) is 2. The predicted octanol–water partition coefficient (Wildman–Crippen LogP) is 4.41. The minimum absolute atomic E-state index is 0.0407. The molecule has 0 radical (unpaired) electrons. The molecule has 0 aromatic heterocycles. The number of halogens is 1. The first-order chi connectivity index (χ1) is 15.3. The normalized spacial score (nSPS) is 12.0. The van der Waals surface area contributed by atoms with Crippen LogP contribution in [0.1, 0.15) is 18.5 Å². The van der Waals surface area contributed by atoms with Crippen LogP contribution in [0.5, 0.6) is 11.5 Å². The molecule has 1 unspecified atom stereocenters. The summed E-state index contributed by atoms with van der Waals surface area (Å²) in [6, 6.07) is 19.8. The summed E-state index contributed by atoms with van der Waals surface area (Å²) in [4.78, 5) is 12.2. The molecule has 3 aromatic carbocycles. The van der Waals surface area contributed by atoms with Gasteiger partial charge in [0.05, 0.1) is 28.8 Å². The first-order valence-electron chi connectivity index (χ1n) is 9.72. The summed E-state index contributed by atoms with van der Waals surface area (Å²) in [5, 5.41) is 3.14. The molecule has 168 valence electrons. The highest BCUT2D eigenvalue weighted by Gasteiger charge is 2.16. The lowest BCUT2D eigenvalue weighted by Crippen LogP contribution is -2.31. The molecule has 0 fully saturated rings. The van der Waals surface area contributed by atoms with Crippen LogP contribution in [0, 0.1) is 0 Å². The summed E-state index contributed by atoms with van der Waals surface area (Å²) in [5.74, 6) is 0.536. The fraction of sp³-hybridized carbons (Fsp3) is 0.174. The van der Waals surface area contributed by atoms with Gasteiger partial charge in [0.15, 0.2) is 6.61 Å². The lowest BCUT2D eigenvalue weighted by molar-refractivity contribution is -0.123. The summed E-state index contributed by atoms with van der Waals surface area (Å²) >= 11 is 6.04. The lowest BCUT2D eigenvalue weighted by Gasteiger charge is -2.15. The number of sulfonamides is 1. The summed E-state index contributed by atoms with van der Waals surface area (Å²) in [6.45, 7) is 1.70. The zero-order chi connectivity index (χ0) is 23.1. The Morgan fingerprint density at radius 2 is 1.72 bits per heavy atom. The van der Waals surface area contributed by atoms with E-state index in [-0.39, 0.29) is 28.5 Å². The van der Waals surface area contributed by atoms with Crippen LogP contribution in [0.15, 0.2) is 77.7 Å². The average molecular weight is 475 g/mol. The number of rotatable bonds is 9. The molecule has 1 amide bonds. The lowest BCUT2D eigenvalue weighted by atomic mass is 10.1. The molecule has 0 spiro atoms. The van der Waals surface area contributed by atoms with Crippen LogP contribution in [0.4, 0.5) is 5.69 Å². The summed E-state index contributed by atoms with van der Waals surface area (Å²) in [5.41, 5.74) is 1.29. The van der Waals surface area contributed by atoms with E-state index in [1.165, 1.54) is 37.4 Å². The fourth-order valence-corrected chi connectivity index (χ4v) is 4.22. The Labute approximate surface area is 192 Å². The van der Waals surface area contributed by atoms with Gasteiger partial charge in [-0.15, -0.1) is 0 Å².